The third-order valence-electron chi connectivity index (χ3n) is 4.39. The minimum absolute atomic E-state index is 0.178. The van der Waals surface area contributed by atoms with Crippen molar-refractivity contribution in [2.45, 2.75) is 18.8 Å². The number of likely N-dealkylation sites (tertiary alicyclic amines) is 1. The molecule has 1 aromatic heterocycles. The van der Waals surface area contributed by atoms with Crippen LogP contribution in [0.25, 0.3) is 0 Å². The average molecular weight is 299 g/mol. The smallest absolute Gasteiger partial charge is 0.263 e. The number of amides is 1. The zero-order valence-electron chi connectivity index (χ0n) is 11.7. The molecule has 3 nitrogen and oxygen atoms in total. The highest BCUT2D eigenvalue weighted by atomic mass is 32.1. The maximum atomic E-state index is 12.4. The van der Waals surface area contributed by atoms with Crippen LogP contribution in [0.1, 0.15) is 33.1 Å². The number of fused-ring (bicyclic) bond motifs is 1. The molecule has 2 aliphatic heterocycles. The number of nitrogens with zero attached hydrogens (tertiary/aromatic N) is 1. The summed E-state index contributed by atoms with van der Waals surface area (Å²) in [6, 6.07) is 10.4. The van der Waals surface area contributed by atoms with Crippen LogP contribution in [0.3, 0.4) is 0 Å². The van der Waals surface area contributed by atoms with Crippen LogP contribution in [0, 0.1) is 0 Å². The number of hydrogen-bond acceptors (Lipinski definition) is 3. The first-order valence-electron chi connectivity index (χ1n) is 7.39. The van der Waals surface area contributed by atoms with Crippen molar-refractivity contribution in [2.24, 2.45) is 0 Å². The van der Waals surface area contributed by atoms with E-state index in [9.17, 15) is 4.79 Å². The van der Waals surface area contributed by atoms with Crippen LogP contribution in [-0.2, 0) is 6.42 Å². The van der Waals surface area contributed by atoms with E-state index in [0.29, 0.717) is 5.92 Å². The van der Waals surface area contributed by atoms with Crippen LogP contribution >= 0.6 is 11.3 Å². The molecule has 0 bridgehead atoms. The Morgan fingerprint density at radius 2 is 2.29 bits per heavy atom. The van der Waals surface area contributed by atoms with Crippen molar-refractivity contribution in [3.8, 4) is 5.75 Å². The zero-order chi connectivity index (χ0) is 14.2. The maximum absolute atomic E-state index is 12.4. The summed E-state index contributed by atoms with van der Waals surface area (Å²) in [5.41, 5.74) is 2.66. The second-order valence-electron chi connectivity index (χ2n) is 5.68. The summed E-state index contributed by atoms with van der Waals surface area (Å²) in [6.45, 7) is 2.48. The molecule has 1 atom stereocenters. The predicted molar refractivity (Wildman–Crippen MR) is 83.2 cm³/mol. The molecule has 4 rings (SSSR count). The third kappa shape index (κ3) is 2.33. The molecule has 4 heteroatoms. The van der Waals surface area contributed by atoms with Crippen LogP contribution in [0.5, 0.6) is 5.75 Å². The molecule has 1 fully saturated rings. The fourth-order valence-corrected chi connectivity index (χ4v) is 3.92. The number of rotatable bonds is 2. The molecule has 108 valence electrons. The number of carbonyl (C=O) groups is 1. The van der Waals surface area contributed by atoms with Crippen molar-refractivity contribution in [1.82, 2.24) is 4.90 Å². The van der Waals surface area contributed by atoms with E-state index in [1.165, 1.54) is 22.5 Å². The number of hydrogen-bond donors (Lipinski definition) is 0. The Morgan fingerprint density at radius 3 is 3.14 bits per heavy atom. The zero-order valence-corrected chi connectivity index (χ0v) is 12.6. The normalized spacial score (nSPS) is 20.4. The van der Waals surface area contributed by atoms with Gasteiger partial charge in [0.2, 0.25) is 0 Å². The quantitative estimate of drug-likeness (QED) is 0.851. The van der Waals surface area contributed by atoms with Gasteiger partial charge in [0, 0.05) is 25.4 Å². The lowest BCUT2D eigenvalue weighted by Crippen LogP contribution is -2.27. The molecular formula is C17H17NO2S. The van der Waals surface area contributed by atoms with Crippen molar-refractivity contribution in [2.75, 3.05) is 19.7 Å². The van der Waals surface area contributed by atoms with E-state index in [2.05, 4.69) is 18.2 Å². The molecule has 1 aromatic carbocycles. The van der Waals surface area contributed by atoms with Gasteiger partial charge in [-0.2, -0.15) is 0 Å². The summed E-state index contributed by atoms with van der Waals surface area (Å²) in [6.07, 6.45) is 2.06. The third-order valence-corrected chi connectivity index (χ3v) is 5.25. The predicted octanol–water partition coefficient (Wildman–Crippen LogP) is 3.31. The first-order chi connectivity index (χ1) is 10.3. The van der Waals surface area contributed by atoms with Crippen LogP contribution in [-0.4, -0.2) is 30.5 Å². The SMILES string of the molecule is O=C(c1cccs1)N1CC[C@H](c2ccc3c(c2)CCO3)C1. The molecule has 0 unspecified atom stereocenters. The second-order valence-corrected chi connectivity index (χ2v) is 6.63. The van der Waals surface area contributed by atoms with Gasteiger partial charge in [-0.05, 0) is 35.1 Å². The fourth-order valence-electron chi connectivity index (χ4n) is 3.23. The number of ether oxygens (including phenoxy) is 1. The average Bonchev–Trinajstić information content (AvgIpc) is 3.25. The van der Waals surface area contributed by atoms with Gasteiger partial charge >= 0.3 is 0 Å². The lowest BCUT2D eigenvalue weighted by atomic mass is 9.96. The van der Waals surface area contributed by atoms with E-state index in [1.807, 2.05) is 22.4 Å². The summed E-state index contributed by atoms with van der Waals surface area (Å²) >= 11 is 1.52. The second kappa shape index (κ2) is 5.19. The molecule has 3 heterocycles. The largest absolute Gasteiger partial charge is 0.493 e. The Morgan fingerprint density at radius 1 is 1.33 bits per heavy atom. The van der Waals surface area contributed by atoms with Crippen LogP contribution < -0.4 is 4.74 Å². The molecule has 0 aliphatic carbocycles. The van der Waals surface area contributed by atoms with Crippen LogP contribution in [0.2, 0.25) is 0 Å². The van der Waals surface area contributed by atoms with E-state index >= 15 is 0 Å². The molecular weight excluding hydrogens is 282 g/mol. The summed E-state index contributed by atoms with van der Waals surface area (Å²) in [4.78, 5) is 15.2. The van der Waals surface area contributed by atoms with Gasteiger partial charge in [-0.3, -0.25) is 4.79 Å². The Hall–Kier alpha value is -1.81. The lowest BCUT2D eigenvalue weighted by molar-refractivity contribution is 0.0795. The molecule has 0 saturated carbocycles. The molecule has 21 heavy (non-hydrogen) atoms. The van der Waals surface area contributed by atoms with Gasteiger partial charge in [-0.1, -0.05) is 18.2 Å². The van der Waals surface area contributed by atoms with Crippen molar-refractivity contribution < 1.29 is 9.53 Å². The molecule has 2 aromatic rings. The molecule has 0 radical (unpaired) electrons. The minimum atomic E-state index is 0.178. The topological polar surface area (TPSA) is 29.5 Å². The summed E-state index contributed by atoms with van der Waals surface area (Å²) in [7, 11) is 0. The number of thiophene rings is 1. The van der Waals surface area contributed by atoms with E-state index < -0.39 is 0 Å². The van der Waals surface area contributed by atoms with Gasteiger partial charge < -0.3 is 9.64 Å². The monoisotopic (exact) mass is 299 g/mol. The molecule has 0 N–H and O–H groups in total. The maximum Gasteiger partial charge on any atom is 0.263 e. The van der Waals surface area contributed by atoms with Gasteiger partial charge in [0.25, 0.3) is 5.91 Å². The standard InChI is InChI=1S/C17H17NO2S/c19-17(16-2-1-9-21-16)18-7-5-14(11-18)12-3-4-15-13(10-12)6-8-20-15/h1-4,9-10,14H,5-8,11H2/t14-/m0/s1. The molecule has 1 amide bonds. The Kier molecular flexibility index (Phi) is 3.19. The Balaban J connectivity index is 1.50. The van der Waals surface area contributed by atoms with Crippen molar-refractivity contribution in [3.05, 3.63) is 51.7 Å². The fraction of sp³-hybridized carbons (Fsp3) is 0.353. The van der Waals surface area contributed by atoms with Gasteiger partial charge in [0.15, 0.2) is 0 Å². The van der Waals surface area contributed by atoms with Gasteiger partial charge in [0.05, 0.1) is 11.5 Å². The van der Waals surface area contributed by atoms with Gasteiger partial charge in [0.1, 0.15) is 5.75 Å². The van der Waals surface area contributed by atoms with E-state index in [-0.39, 0.29) is 5.91 Å². The van der Waals surface area contributed by atoms with E-state index in [0.717, 1.165) is 43.2 Å². The molecule has 2 aliphatic rings. The minimum Gasteiger partial charge on any atom is -0.493 e. The first-order valence-corrected chi connectivity index (χ1v) is 8.27. The number of benzene rings is 1. The number of carbonyl (C=O) groups excluding carboxylic acids is 1. The van der Waals surface area contributed by atoms with Crippen molar-refractivity contribution in [1.29, 1.82) is 0 Å². The highest BCUT2D eigenvalue weighted by Gasteiger charge is 2.29. The molecule has 1 saturated heterocycles. The molecule has 0 spiro atoms. The summed E-state index contributed by atoms with van der Waals surface area (Å²) in [5.74, 6) is 1.67. The van der Waals surface area contributed by atoms with Gasteiger partial charge in [-0.25, -0.2) is 0 Å². The van der Waals surface area contributed by atoms with E-state index in [1.54, 1.807) is 0 Å². The summed E-state index contributed by atoms with van der Waals surface area (Å²) < 4.78 is 5.56. The van der Waals surface area contributed by atoms with E-state index in [4.69, 9.17) is 4.74 Å². The van der Waals surface area contributed by atoms with Crippen LogP contribution in [0.15, 0.2) is 35.7 Å². The Labute approximate surface area is 128 Å². The first kappa shape index (κ1) is 12.9. The summed E-state index contributed by atoms with van der Waals surface area (Å²) in [5, 5.41) is 1.96. The van der Waals surface area contributed by atoms with Gasteiger partial charge in [-0.15, -0.1) is 11.3 Å². The highest BCUT2D eigenvalue weighted by molar-refractivity contribution is 7.12. The lowest BCUT2D eigenvalue weighted by Gasteiger charge is -2.16. The van der Waals surface area contributed by atoms with Crippen LogP contribution in [0.4, 0.5) is 0 Å². The highest BCUT2D eigenvalue weighted by Crippen LogP contribution is 2.33. The van der Waals surface area contributed by atoms with Crippen molar-refractivity contribution in [3.63, 3.8) is 0 Å². The Bertz CT molecular complexity index is 665. The van der Waals surface area contributed by atoms with Crippen molar-refractivity contribution >= 4 is 17.2 Å².